The fourth-order valence-electron chi connectivity index (χ4n) is 3.10. The van der Waals surface area contributed by atoms with Crippen LogP contribution in [-0.2, 0) is 27.7 Å². The molecule has 0 aliphatic carbocycles. The topological polar surface area (TPSA) is 88.6 Å². The average Bonchev–Trinajstić information content (AvgIpc) is 2.60. The van der Waals surface area contributed by atoms with Gasteiger partial charge in [0.2, 0.25) is 0 Å². The molecule has 1 amide bonds. The van der Waals surface area contributed by atoms with E-state index in [2.05, 4.69) is 9.71 Å². The first-order valence-corrected chi connectivity index (χ1v) is 10.6. The molecule has 0 atom stereocenters. The molecule has 2 heterocycles. The number of carbonyl (C=O) groups is 1. The molecule has 1 N–H and O–H groups in total. The van der Waals surface area contributed by atoms with Gasteiger partial charge in [0.15, 0.2) is 5.03 Å². The van der Waals surface area contributed by atoms with Gasteiger partial charge < -0.3 is 9.64 Å². The number of fused-ring (bicyclic) bond motifs is 1. The molecule has 150 valence electrons. The smallest absolute Gasteiger partial charge is 0.410 e. The van der Waals surface area contributed by atoms with E-state index in [-0.39, 0.29) is 11.6 Å². The summed E-state index contributed by atoms with van der Waals surface area (Å²) < 4.78 is 33.8. The number of anilines is 1. The minimum Gasteiger partial charge on any atom is -0.444 e. The summed E-state index contributed by atoms with van der Waals surface area (Å²) >= 11 is 0. The molecule has 0 saturated carbocycles. The van der Waals surface area contributed by atoms with Crippen molar-refractivity contribution in [3.63, 3.8) is 0 Å². The summed E-state index contributed by atoms with van der Waals surface area (Å²) in [5.41, 5.74) is 2.22. The van der Waals surface area contributed by atoms with Crippen LogP contribution in [0, 0.1) is 6.92 Å². The lowest BCUT2D eigenvalue weighted by Gasteiger charge is -2.32. The highest BCUT2D eigenvalue weighted by Gasteiger charge is 2.28. The summed E-state index contributed by atoms with van der Waals surface area (Å²) in [4.78, 5) is 18.0. The zero-order chi connectivity index (χ0) is 20.5. The SMILES string of the molecule is Cc1cccnc1S(=O)(=O)Nc1cccc2c1CN(C(=O)OC(C)(C)C)CC2. The third kappa shape index (κ3) is 4.44. The average molecular weight is 404 g/mol. The number of aromatic nitrogens is 1. The van der Waals surface area contributed by atoms with E-state index in [0.717, 1.165) is 11.1 Å². The molecular formula is C20H25N3O4S. The van der Waals surface area contributed by atoms with Gasteiger partial charge in [-0.05, 0) is 62.9 Å². The Bertz CT molecular complexity index is 997. The lowest BCUT2D eigenvalue weighted by atomic mass is 9.98. The second-order valence-corrected chi connectivity index (χ2v) is 9.42. The molecule has 0 radical (unpaired) electrons. The van der Waals surface area contributed by atoms with E-state index in [4.69, 9.17) is 4.74 Å². The number of amides is 1. The number of benzene rings is 1. The Morgan fingerprint density at radius 2 is 1.96 bits per heavy atom. The monoisotopic (exact) mass is 403 g/mol. The molecule has 3 rings (SSSR count). The van der Waals surface area contributed by atoms with Crippen molar-refractivity contribution in [1.29, 1.82) is 0 Å². The van der Waals surface area contributed by atoms with Crippen molar-refractivity contribution in [3.05, 3.63) is 53.2 Å². The van der Waals surface area contributed by atoms with Crippen molar-refractivity contribution in [3.8, 4) is 0 Å². The Kier molecular flexibility index (Phi) is 5.34. The van der Waals surface area contributed by atoms with Crippen LogP contribution < -0.4 is 4.72 Å². The molecule has 0 unspecified atom stereocenters. The predicted octanol–water partition coefficient (Wildman–Crippen LogP) is 3.48. The highest BCUT2D eigenvalue weighted by Crippen LogP contribution is 2.29. The third-order valence-electron chi connectivity index (χ3n) is 4.39. The Morgan fingerprint density at radius 1 is 1.21 bits per heavy atom. The van der Waals surface area contributed by atoms with Gasteiger partial charge >= 0.3 is 6.09 Å². The number of sulfonamides is 1. The molecule has 0 spiro atoms. The van der Waals surface area contributed by atoms with Crippen LogP contribution in [0.5, 0.6) is 0 Å². The van der Waals surface area contributed by atoms with Crippen LogP contribution >= 0.6 is 0 Å². The molecule has 1 aliphatic heterocycles. The summed E-state index contributed by atoms with van der Waals surface area (Å²) in [6.07, 6.45) is 1.68. The Morgan fingerprint density at radius 3 is 2.64 bits per heavy atom. The number of nitrogens with one attached hydrogen (secondary N) is 1. The van der Waals surface area contributed by atoms with Crippen molar-refractivity contribution in [2.45, 2.75) is 51.3 Å². The number of hydrogen-bond donors (Lipinski definition) is 1. The number of nitrogens with zero attached hydrogens (tertiary/aromatic N) is 2. The highest BCUT2D eigenvalue weighted by molar-refractivity contribution is 7.92. The summed E-state index contributed by atoms with van der Waals surface area (Å²) in [6.45, 7) is 7.96. The standard InChI is InChI=1S/C20H25N3O4S/c1-14-7-6-11-21-18(14)28(25,26)22-17-9-5-8-15-10-12-23(13-16(15)17)19(24)27-20(2,3)4/h5-9,11,22H,10,12-13H2,1-4H3. The van der Waals surface area contributed by atoms with Crippen LogP contribution in [-0.4, -0.2) is 36.5 Å². The maximum atomic E-state index is 12.8. The van der Waals surface area contributed by atoms with Crippen LogP contribution in [0.25, 0.3) is 0 Å². The Balaban J connectivity index is 1.88. The summed E-state index contributed by atoms with van der Waals surface area (Å²) in [7, 11) is -3.84. The van der Waals surface area contributed by atoms with Gasteiger partial charge in [0.05, 0.1) is 12.2 Å². The van der Waals surface area contributed by atoms with E-state index in [0.29, 0.717) is 24.2 Å². The highest BCUT2D eigenvalue weighted by atomic mass is 32.2. The number of pyridine rings is 1. The fraction of sp³-hybridized carbons (Fsp3) is 0.400. The van der Waals surface area contributed by atoms with E-state index >= 15 is 0 Å². The first-order valence-electron chi connectivity index (χ1n) is 9.10. The Labute approximate surface area is 165 Å². The quantitative estimate of drug-likeness (QED) is 0.847. The summed E-state index contributed by atoms with van der Waals surface area (Å²) in [5.74, 6) is 0. The Hall–Kier alpha value is -2.61. The predicted molar refractivity (Wildman–Crippen MR) is 107 cm³/mol. The molecule has 28 heavy (non-hydrogen) atoms. The van der Waals surface area contributed by atoms with E-state index in [1.807, 2.05) is 32.9 Å². The molecule has 1 aliphatic rings. The molecule has 0 bridgehead atoms. The van der Waals surface area contributed by atoms with Gasteiger partial charge in [0, 0.05) is 12.7 Å². The van der Waals surface area contributed by atoms with Crippen molar-refractivity contribution in [2.75, 3.05) is 11.3 Å². The van der Waals surface area contributed by atoms with Crippen molar-refractivity contribution in [1.82, 2.24) is 9.88 Å². The van der Waals surface area contributed by atoms with Gasteiger partial charge in [-0.15, -0.1) is 0 Å². The van der Waals surface area contributed by atoms with Crippen LogP contribution in [0.15, 0.2) is 41.6 Å². The fourth-order valence-corrected chi connectivity index (χ4v) is 4.37. The first kappa shape index (κ1) is 20.1. The van der Waals surface area contributed by atoms with E-state index in [1.165, 1.54) is 6.20 Å². The lowest BCUT2D eigenvalue weighted by Crippen LogP contribution is -2.40. The first-order chi connectivity index (χ1) is 13.1. The largest absolute Gasteiger partial charge is 0.444 e. The molecule has 1 aromatic heterocycles. The van der Waals surface area contributed by atoms with Crippen LogP contribution in [0.3, 0.4) is 0 Å². The van der Waals surface area contributed by atoms with Gasteiger partial charge in [-0.2, -0.15) is 8.42 Å². The van der Waals surface area contributed by atoms with Gasteiger partial charge in [0.25, 0.3) is 10.0 Å². The minimum atomic E-state index is -3.84. The van der Waals surface area contributed by atoms with Gasteiger partial charge in [-0.1, -0.05) is 18.2 Å². The number of ether oxygens (including phenoxy) is 1. The molecular weight excluding hydrogens is 378 g/mol. The van der Waals surface area contributed by atoms with Crippen LogP contribution in [0.2, 0.25) is 0 Å². The maximum Gasteiger partial charge on any atom is 0.410 e. The zero-order valence-corrected chi connectivity index (χ0v) is 17.3. The zero-order valence-electron chi connectivity index (χ0n) is 16.5. The van der Waals surface area contributed by atoms with Crippen molar-refractivity contribution < 1.29 is 17.9 Å². The van der Waals surface area contributed by atoms with Crippen LogP contribution in [0.4, 0.5) is 10.5 Å². The lowest BCUT2D eigenvalue weighted by molar-refractivity contribution is 0.0224. The van der Waals surface area contributed by atoms with Gasteiger partial charge in [-0.25, -0.2) is 9.78 Å². The number of carbonyl (C=O) groups excluding carboxylic acids is 1. The third-order valence-corrected chi connectivity index (χ3v) is 5.81. The van der Waals surface area contributed by atoms with Crippen LogP contribution in [0.1, 0.15) is 37.5 Å². The van der Waals surface area contributed by atoms with Crippen molar-refractivity contribution >= 4 is 21.8 Å². The second-order valence-electron chi connectivity index (χ2n) is 7.83. The molecule has 8 heteroatoms. The summed E-state index contributed by atoms with van der Waals surface area (Å²) in [6, 6.07) is 8.85. The number of rotatable bonds is 3. The summed E-state index contributed by atoms with van der Waals surface area (Å²) in [5, 5.41) is -0.00703. The van der Waals surface area contributed by atoms with Gasteiger partial charge in [-0.3, -0.25) is 4.72 Å². The molecule has 0 fully saturated rings. The molecule has 7 nitrogen and oxygen atoms in total. The van der Waals surface area contributed by atoms with E-state index < -0.39 is 21.7 Å². The van der Waals surface area contributed by atoms with E-state index in [9.17, 15) is 13.2 Å². The van der Waals surface area contributed by atoms with E-state index in [1.54, 1.807) is 30.0 Å². The second kappa shape index (κ2) is 7.43. The minimum absolute atomic E-state index is 0.00703. The van der Waals surface area contributed by atoms with Gasteiger partial charge in [0.1, 0.15) is 5.60 Å². The van der Waals surface area contributed by atoms with Crippen molar-refractivity contribution in [2.24, 2.45) is 0 Å². The number of aryl methyl sites for hydroxylation is 1. The molecule has 2 aromatic rings. The molecule has 1 aromatic carbocycles. The normalized spacial score (nSPS) is 14.4. The number of hydrogen-bond acceptors (Lipinski definition) is 5. The molecule has 0 saturated heterocycles. The maximum absolute atomic E-state index is 12.8.